The molecule has 0 aliphatic rings. The smallest absolute Gasteiger partial charge is 0.277 e. The van der Waals surface area contributed by atoms with Gasteiger partial charge in [0.1, 0.15) is 11.9 Å². The largest absolute Gasteiger partial charge is 0.382 e. The summed E-state index contributed by atoms with van der Waals surface area (Å²) in [5, 5.41) is 13.1. The Bertz CT molecular complexity index is 756. The van der Waals surface area contributed by atoms with Crippen LogP contribution in [0.2, 0.25) is 0 Å². The summed E-state index contributed by atoms with van der Waals surface area (Å²) in [5.74, 6) is 0.000539. The lowest BCUT2D eigenvalue weighted by Crippen LogP contribution is -2.17. The molecule has 0 bridgehead atoms. The number of pyridine rings is 1. The summed E-state index contributed by atoms with van der Waals surface area (Å²) < 4.78 is 0. The Morgan fingerprint density at radius 1 is 1.09 bits per heavy atom. The quantitative estimate of drug-likeness (QED) is 0.687. The summed E-state index contributed by atoms with van der Waals surface area (Å²) in [6.45, 7) is 0. The van der Waals surface area contributed by atoms with E-state index >= 15 is 0 Å². The maximum Gasteiger partial charge on any atom is 0.277 e. The predicted molar refractivity (Wildman–Crippen MR) is 81.3 cm³/mol. The first-order valence-corrected chi connectivity index (χ1v) is 6.74. The first-order valence-electron chi connectivity index (χ1n) is 6.74. The fourth-order valence-corrected chi connectivity index (χ4v) is 2.11. The SMILES string of the molecule is O=C(Nc1ccccn1)c1nc[nH]c1C(O)c1ccccc1. The highest BCUT2D eigenvalue weighted by atomic mass is 16.3. The van der Waals surface area contributed by atoms with Crippen LogP contribution in [0.15, 0.2) is 61.1 Å². The Kier molecular flexibility index (Phi) is 3.93. The zero-order valence-electron chi connectivity index (χ0n) is 11.6. The van der Waals surface area contributed by atoms with E-state index in [2.05, 4.69) is 20.3 Å². The van der Waals surface area contributed by atoms with Crippen LogP contribution in [0.5, 0.6) is 0 Å². The molecule has 0 saturated carbocycles. The Morgan fingerprint density at radius 2 is 1.86 bits per heavy atom. The molecule has 0 saturated heterocycles. The highest BCUT2D eigenvalue weighted by molar-refractivity contribution is 6.03. The zero-order chi connectivity index (χ0) is 15.4. The molecule has 0 spiro atoms. The molecule has 0 fully saturated rings. The number of nitrogens with zero attached hydrogens (tertiary/aromatic N) is 2. The van der Waals surface area contributed by atoms with E-state index in [1.54, 1.807) is 36.5 Å². The maximum atomic E-state index is 12.3. The molecule has 110 valence electrons. The van der Waals surface area contributed by atoms with E-state index < -0.39 is 12.0 Å². The minimum absolute atomic E-state index is 0.141. The van der Waals surface area contributed by atoms with Crippen LogP contribution in [0, 0.1) is 0 Å². The number of carbonyl (C=O) groups excluding carboxylic acids is 1. The van der Waals surface area contributed by atoms with Crippen molar-refractivity contribution >= 4 is 11.7 Å². The topological polar surface area (TPSA) is 90.9 Å². The van der Waals surface area contributed by atoms with Crippen molar-refractivity contribution in [3.63, 3.8) is 0 Å². The van der Waals surface area contributed by atoms with Gasteiger partial charge in [-0.2, -0.15) is 0 Å². The van der Waals surface area contributed by atoms with Crippen LogP contribution in [0.25, 0.3) is 0 Å². The number of anilines is 1. The Labute approximate surface area is 126 Å². The highest BCUT2D eigenvalue weighted by Gasteiger charge is 2.22. The third kappa shape index (κ3) is 2.87. The molecule has 0 aliphatic carbocycles. The molecule has 2 heterocycles. The summed E-state index contributed by atoms with van der Waals surface area (Å²) in [6, 6.07) is 14.3. The number of benzene rings is 1. The van der Waals surface area contributed by atoms with Gasteiger partial charge in [0.25, 0.3) is 5.91 Å². The van der Waals surface area contributed by atoms with Gasteiger partial charge in [0, 0.05) is 6.20 Å². The minimum atomic E-state index is -0.951. The van der Waals surface area contributed by atoms with E-state index in [4.69, 9.17) is 0 Å². The molecule has 6 nitrogen and oxygen atoms in total. The van der Waals surface area contributed by atoms with Crippen LogP contribution in [0.1, 0.15) is 27.8 Å². The number of hydrogen-bond acceptors (Lipinski definition) is 4. The molecule has 1 aromatic carbocycles. The number of aliphatic hydroxyl groups excluding tert-OH is 1. The van der Waals surface area contributed by atoms with Gasteiger partial charge in [0.15, 0.2) is 5.69 Å². The molecule has 3 N–H and O–H groups in total. The fraction of sp³-hybridized carbons (Fsp3) is 0.0625. The second-order valence-electron chi connectivity index (χ2n) is 4.65. The minimum Gasteiger partial charge on any atom is -0.382 e. The van der Waals surface area contributed by atoms with Gasteiger partial charge in [-0.25, -0.2) is 9.97 Å². The van der Waals surface area contributed by atoms with Crippen molar-refractivity contribution in [2.75, 3.05) is 5.32 Å². The average molecular weight is 294 g/mol. The number of aromatic nitrogens is 3. The Balaban J connectivity index is 1.84. The van der Waals surface area contributed by atoms with Crippen molar-refractivity contribution in [2.45, 2.75) is 6.10 Å². The number of amides is 1. The van der Waals surface area contributed by atoms with Crippen molar-refractivity contribution in [3.05, 3.63) is 78.0 Å². The van der Waals surface area contributed by atoms with Crippen molar-refractivity contribution < 1.29 is 9.90 Å². The lowest BCUT2D eigenvalue weighted by molar-refractivity contribution is 0.101. The molecule has 0 radical (unpaired) electrons. The van der Waals surface area contributed by atoms with Gasteiger partial charge < -0.3 is 15.4 Å². The van der Waals surface area contributed by atoms with Gasteiger partial charge in [0.2, 0.25) is 0 Å². The second kappa shape index (κ2) is 6.19. The summed E-state index contributed by atoms with van der Waals surface area (Å²) >= 11 is 0. The van der Waals surface area contributed by atoms with E-state index in [9.17, 15) is 9.90 Å². The van der Waals surface area contributed by atoms with Gasteiger partial charge in [-0.1, -0.05) is 36.4 Å². The number of hydrogen-bond donors (Lipinski definition) is 3. The number of carbonyl (C=O) groups is 1. The van der Waals surface area contributed by atoms with E-state index in [-0.39, 0.29) is 5.69 Å². The molecular weight excluding hydrogens is 280 g/mol. The van der Waals surface area contributed by atoms with Crippen molar-refractivity contribution in [2.24, 2.45) is 0 Å². The third-order valence-corrected chi connectivity index (χ3v) is 3.18. The van der Waals surface area contributed by atoms with Crippen LogP contribution in [-0.2, 0) is 0 Å². The van der Waals surface area contributed by atoms with E-state index in [0.29, 0.717) is 17.1 Å². The predicted octanol–water partition coefficient (Wildman–Crippen LogP) is 2.14. The molecule has 3 rings (SSSR count). The standard InChI is InChI=1S/C16H14N4O2/c21-15(11-6-2-1-3-7-11)13-14(19-10-18-13)16(22)20-12-8-4-5-9-17-12/h1-10,15,21H,(H,18,19)(H,17,20,22). The lowest BCUT2D eigenvalue weighted by atomic mass is 10.1. The molecular formula is C16H14N4O2. The van der Waals surface area contributed by atoms with Gasteiger partial charge >= 0.3 is 0 Å². The molecule has 2 aromatic heterocycles. The molecule has 6 heteroatoms. The number of aliphatic hydroxyl groups is 1. The normalized spacial score (nSPS) is 11.9. The van der Waals surface area contributed by atoms with Gasteiger partial charge in [-0.15, -0.1) is 0 Å². The number of aromatic amines is 1. The second-order valence-corrected chi connectivity index (χ2v) is 4.65. The summed E-state index contributed by atoms with van der Waals surface area (Å²) in [7, 11) is 0. The fourth-order valence-electron chi connectivity index (χ4n) is 2.11. The molecule has 1 amide bonds. The highest BCUT2D eigenvalue weighted by Crippen LogP contribution is 2.22. The molecule has 0 aliphatic heterocycles. The summed E-state index contributed by atoms with van der Waals surface area (Å²) in [5.41, 5.74) is 1.17. The van der Waals surface area contributed by atoms with Gasteiger partial charge in [-0.05, 0) is 17.7 Å². The van der Waals surface area contributed by atoms with E-state index in [1.807, 2.05) is 18.2 Å². The summed E-state index contributed by atoms with van der Waals surface area (Å²) in [6.07, 6.45) is 2.02. The van der Waals surface area contributed by atoms with Crippen molar-refractivity contribution in [1.82, 2.24) is 15.0 Å². The van der Waals surface area contributed by atoms with Crippen molar-refractivity contribution in [1.29, 1.82) is 0 Å². The van der Waals surface area contributed by atoms with Crippen LogP contribution in [-0.4, -0.2) is 26.0 Å². The Morgan fingerprint density at radius 3 is 2.59 bits per heavy atom. The number of imidazole rings is 1. The van der Waals surface area contributed by atoms with Gasteiger partial charge in [-0.3, -0.25) is 4.79 Å². The number of nitrogens with one attached hydrogen (secondary N) is 2. The molecule has 1 unspecified atom stereocenters. The maximum absolute atomic E-state index is 12.3. The van der Waals surface area contributed by atoms with E-state index in [1.165, 1.54) is 6.33 Å². The van der Waals surface area contributed by atoms with E-state index in [0.717, 1.165) is 0 Å². The molecule has 3 aromatic rings. The van der Waals surface area contributed by atoms with Crippen LogP contribution in [0.3, 0.4) is 0 Å². The monoisotopic (exact) mass is 294 g/mol. The van der Waals surface area contributed by atoms with Crippen molar-refractivity contribution in [3.8, 4) is 0 Å². The van der Waals surface area contributed by atoms with Crippen LogP contribution in [0.4, 0.5) is 5.82 Å². The molecule has 22 heavy (non-hydrogen) atoms. The average Bonchev–Trinajstić information content (AvgIpc) is 3.05. The van der Waals surface area contributed by atoms with Gasteiger partial charge in [0.05, 0.1) is 12.0 Å². The summed E-state index contributed by atoms with van der Waals surface area (Å²) in [4.78, 5) is 23.1. The van der Waals surface area contributed by atoms with Crippen LogP contribution >= 0.6 is 0 Å². The lowest BCUT2D eigenvalue weighted by Gasteiger charge is -2.11. The molecule has 1 atom stereocenters. The third-order valence-electron chi connectivity index (χ3n) is 3.18. The first kappa shape index (κ1) is 14.0. The number of rotatable bonds is 4. The first-order chi connectivity index (χ1) is 10.8. The van der Waals surface area contributed by atoms with Crippen LogP contribution < -0.4 is 5.32 Å². The Hall–Kier alpha value is -2.99. The number of H-pyrrole nitrogens is 1. The zero-order valence-corrected chi connectivity index (χ0v) is 11.6.